The zero-order valence-electron chi connectivity index (χ0n) is 26.6. The van der Waals surface area contributed by atoms with Gasteiger partial charge in [-0.2, -0.15) is 0 Å². The molecule has 40 heavy (non-hydrogen) atoms. The maximum atomic E-state index is 12.0. The lowest BCUT2D eigenvalue weighted by atomic mass is 9.33. The first-order chi connectivity index (χ1) is 18.7. The standard InChI is InChI=1S/C37H55NO2/c1-23(2)26-15-20-37(38)22-21-35(6)28(31(26)37)13-14-30-34(5)18-16-27(24-9-11-25(12-10-24)32(39)40-8)33(3,4)29(34)17-19-36(30,35)7/h9-12,16,23,26,28-31H,13-15,17-22,38H2,1-8H3/t26-,28+,29-,30+,31+,34-,35+,36+,37-/m0/s1. The zero-order valence-corrected chi connectivity index (χ0v) is 26.6. The van der Waals surface area contributed by atoms with E-state index in [1.54, 1.807) is 0 Å². The first kappa shape index (κ1) is 28.5. The number of rotatable bonds is 3. The Labute approximate surface area is 244 Å². The molecule has 3 nitrogen and oxygen atoms in total. The van der Waals surface area contributed by atoms with E-state index in [9.17, 15) is 4.79 Å². The van der Waals surface area contributed by atoms with E-state index in [2.05, 4.69) is 66.7 Å². The zero-order chi connectivity index (χ0) is 28.9. The molecule has 0 unspecified atom stereocenters. The molecule has 0 saturated heterocycles. The van der Waals surface area contributed by atoms with Gasteiger partial charge < -0.3 is 10.5 Å². The van der Waals surface area contributed by atoms with Gasteiger partial charge in [0.1, 0.15) is 0 Å². The summed E-state index contributed by atoms with van der Waals surface area (Å²) in [5.41, 5.74) is 11.9. The van der Waals surface area contributed by atoms with Crippen molar-refractivity contribution in [2.24, 2.45) is 62.9 Å². The Morgan fingerprint density at radius 1 is 0.875 bits per heavy atom. The normalized spacial score (nSPS) is 45.5. The van der Waals surface area contributed by atoms with Crippen molar-refractivity contribution in [2.45, 2.75) is 112 Å². The Bertz CT molecular complexity index is 1200. The molecule has 9 atom stereocenters. The maximum Gasteiger partial charge on any atom is 0.337 e. The Balaban J connectivity index is 1.34. The molecule has 0 aromatic heterocycles. The lowest BCUT2D eigenvalue weighted by molar-refractivity contribution is -0.219. The highest BCUT2D eigenvalue weighted by atomic mass is 16.5. The van der Waals surface area contributed by atoms with Crippen LogP contribution in [0.15, 0.2) is 30.3 Å². The van der Waals surface area contributed by atoms with Gasteiger partial charge >= 0.3 is 5.97 Å². The number of methoxy groups -OCH3 is 1. The van der Waals surface area contributed by atoms with Gasteiger partial charge in [0.25, 0.3) is 0 Å². The first-order valence-corrected chi connectivity index (χ1v) is 16.4. The number of hydrogen-bond acceptors (Lipinski definition) is 3. The van der Waals surface area contributed by atoms with Crippen molar-refractivity contribution < 1.29 is 9.53 Å². The second-order valence-corrected chi connectivity index (χ2v) is 16.5. The minimum atomic E-state index is -0.265. The Morgan fingerprint density at radius 2 is 1.57 bits per heavy atom. The van der Waals surface area contributed by atoms with Crippen molar-refractivity contribution in [3.63, 3.8) is 0 Å². The predicted octanol–water partition coefficient (Wildman–Crippen LogP) is 8.92. The van der Waals surface area contributed by atoms with Crippen molar-refractivity contribution in [2.75, 3.05) is 7.11 Å². The molecule has 2 N–H and O–H groups in total. The molecule has 0 radical (unpaired) electrons. The molecule has 3 heteroatoms. The summed E-state index contributed by atoms with van der Waals surface area (Å²) >= 11 is 0. The smallest absolute Gasteiger partial charge is 0.337 e. The van der Waals surface area contributed by atoms with Crippen LogP contribution < -0.4 is 5.73 Å². The third-order valence-corrected chi connectivity index (χ3v) is 14.6. The van der Waals surface area contributed by atoms with Crippen LogP contribution in [-0.4, -0.2) is 18.6 Å². The molecule has 0 spiro atoms. The number of esters is 1. The molecular weight excluding hydrogens is 490 g/mol. The molecule has 5 aliphatic carbocycles. The van der Waals surface area contributed by atoms with Crippen LogP contribution in [0.2, 0.25) is 0 Å². The topological polar surface area (TPSA) is 52.3 Å². The van der Waals surface area contributed by atoms with Gasteiger partial charge in [0, 0.05) is 5.54 Å². The van der Waals surface area contributed by atoms with Crippen LogP contribution in [0.4, 0.5) is 0 Å². The van der Waals surface area contributed by atoms with Gasteiger partial charge in [-0.05, 0) is 138 Å². The third-order valence-electron chi connectivity index (χ3n) is 14.6. The number of nitrogens with two attached hydrogens (primary N) is 1. The van der Waals surface area contributed by atoms with Crippen LogP contribution in [0.25, 0.3) is 5.57 Å². The lowest BCUT2D eigenvalue weighted by Crippen LogP contribution is -2.67. The summed E-state index contributed by atoms with van der Waals surface area (Å²) in [4.78, 5) is 12.0. The van der Waals surface area contributed by atoms with E-state index in [4.69, 9.17) is 10.5 Å². The minimum absolute atomic E-state index is 0.0807. The second kappa shape index (κ2) is 9.19. The molecule has 4 saturated carbocycles. The number of allylic oxidation sites excluding steroid dienone is 2. The summed E-state index contributed by atoms with van der Waals surface area (Å²) in [6, 6.07) is 8.13. The fourth-order valence-corrected chi connectivity index (χ4v) is 12.5. The van der Waals surface area contributed by atoms with Crippen LogP contribution in [0.3, 0.4) is 0 Å². The summed E-state index contributed by atoms with van der Waals surface area (Å²) in [6.07, 6.45) is 14.3. The van der Waals surface area contributed by atoms with Crippen LogP contribution in [0.1, 0.15) is 122 Å². The fourth-order valence-electron chi connectivity index (χ4n) is 12.5. The second-order valence-electron chi connectivity index (χ2n) is 16.5. The highest BCUT2D eigenvalue weighted by Crippen LogP contribution is 2.76. The molecule has 6 rings (SSSR count). The Kier molecular flexibility index (Phi) is 6.55. The minimum Gasteiger partial charge on any atom is -0.465 e. The van der Waals surface area contributed by atoms with E-state index in [1.165, 1.54) is 69.6 Å². The number of ether oxygens (including phenoxy) is 1. The third kappa shape index (κ3) is 3.67. The van der Waals surface area contributed by atoms with Crippen molar-refractivity contribution in [1.82, 2.24) is 0 Å². The molecule has 4 fully saturated rings. The van der Waals surface area contributed by atoms with Gasteiger partial charge in [-0.25, -0.2) is 4.79 Å². The van der Waals surface area contributed by atoms with Gasteiger partial charge in [-0.15, -0.1) is 0 Å². The van der Waals surface area contributed by atoms with E-state index in [0.29, 0.717) is 33.6 Å². The number of benzene rings is 1. The van der Waals surface area contributed by atoms with Gasteiger partial charge in [-0.1, -0.05) is 66.7 Å². The van der Waals surface area contributed by atoms with Crippen LogP contribution >= 0.6 is 0 Å². The van der Waals surface area contributed by atoms with E-state index >= 15 is 0 Å². The molecule has 220 valence electrons. The molecule has 0 aliphatic heterocycles. The highest BCUT2D eigenvalue weighted by molar-refractivity contribution is 5.89. The number of carbonyl (C=O) groups is 1. The molecule has 1 aromatic carbocycles. The van der Waals surface area contributed by atoms with E-state index < -0.39 is 0 Å². The quantitative estimate of drug-likeness (QED) is 0.386. The average molecular weight is 546 g/mol. The summed E-state index contributed by atoms with van der Waals surface area (Å²) < 4.78 is 4.94. The number of fused-ring (bicyclic) bond motifs is 7. The summed E-state index contributed by atoms with van der Waals surface area (Å²) in [7, 11) is 1.45. The molecule has 1 aromatic rings. The largest absolute Gasteiger partial charge is 0.465 e. The van der Waals surface area contributed by atoms with Crippen LogP contribution in [0.5, 0.6) is 0 Å². The average Bonchev–Trinajstić information content (AvgIpc) is 3.26. The van der Waals surface area contributed by atoms with Crippen LogP contribution in [-0.2, 0) is 4.74 Å². The van der Waals surface area contributed by atoms with Crippen molar-refractivity contribution >= 4 is 11.5 Å². The molecule has 0 bridgehead atoms. The van der Waals surface area contributed by atoms with Gasteiger partial charge in [0.2, 0.25) is 0 Å². The summed E-state index contributed by atoms with van der Waals surface area (Å²) in [5, 5.41) is 0. The lowest BCUT2D eigenvalue weighted by Gasteiger charge is -2.72. The maximum absolute atomic E-state index is 12.0. The Morgan fingerprint density at radius 3 is 2.23 bits per heavy atom. The highest BCUT2D eigenvalue weighted by Gasteiger charge is 2.70. The van der Waals surface area contributed by atoms with E-state index in [-0.39, 0.29) is 16.9 Å². The van der Waals surface area contributed by atoms with Gasteiger partial charge in [0.05, 0.1) is 12.7 Å². The predicted molar refractivity (Wildman–Crippen MR) is 165 cm³/mol. The number of carbonyl (C=O) groups excluding carboxylic acids is 1. The fraction of sp³-hybridized carbons (Fsp3) is 0.757. The monoisotopic (exact) mass is 545 g/mol. The summed E-state index contributed by atoms with van der Waals surface area (Å²) in [6.45, 7) is 18.0. The number of hydrogen-bond donors (Lipinski definition) is 1. The molecule has 0 heterocycles. The Hall–Kier alpha value is -1.61. The molecular formula is C37H55NO2. The molecule has 5 aliphatic rings. The molecule has 0 amide bonds. The van der Waals surface area contributed by atoms with E-state index in [1.807, 2.05) is 12.1 Å². The van der Waals surface area contributed by atoms with Gasteiger partial charge in [-0.3, -0.25) is 0 Å². The van der Waals surface area contributed by atoms with Crippen molar-refractivity contribution in [3.05, 3.63) is 41.5 Å². The first-order valence-electron chi connectivity index (χ1n) is 16.4. The summed E-state index contributed by atoms with van der Waals surface area (Å²) in [5.74, 6) is 4.16. The SMILES string of the molecule is COC(=O)c1ccc(C2=CC[C@]3(C)[C@H]4CC[C@@H]5[C@H]6[C@H](C(C)C)CC[C@]6(N)CC[C@@]5(C)[C@]4(C)CC[C@H]3C2(C)C)cc1. The van der Waals surface area contributed by atoms with Crippen molar-refractivity contribution in [3.8, 4) is 0 Å². The van der Waals surface area contributed by atoms with Crippen molar-refractivity contribution in [1.29, 1.82) is 0 Å². The van der Waals surface area contributed by atoms with E-state index in [0.717, 1.165) is 30.1 Å². The van der Waals surface area contributed by atoms with Crippen LogP contribution in [0, 0.1) is 57.2 Å². The van der Waals surface area contributed by atoms with Gasteiger partial charge in [0.15, 0.2) is 0 Å².